The molecular weight excluding hydrogens is 787 g/mol. The number of nitrogens with two attached hydrogens (primary N) is 1. The van der Waals surface area contributed by atoms with Crippen LogP contribution in [0.15, 0.2) is 198 Å². The van der Waals surface area contributed by atoms with Gasteiger partial charge in [-0.25, -0.2) is 9.98 Å². The molecule has 0 fully saturated rings. The normalized spacial score (nSPS) is 13.5. The van der Waals surface area contributed by atoms with Crippen molar-refractivity contribution in [3.05, 3.63) is 249 Å². The zero-order valence-electron chi connectivity index (χ0n) is 39.7. The van der Waals surface area contributed by atoms with E-state index in [1.54, 1.807) is 0 Å². The molecule has 2 N–H and O–H groups in total. The molecule has 6 rings (SSSR count). The van der Waals surface area contributed by atoms with Gasteiger partial charge in [0.25, 0.3) is 0 Å². The first-order chi connectivity index (χ1) is 31.6. The molecule has 65 heavy (non-hydrogen) atoms. The fraction of sp³-hybridized carbons (Fsp3) is 0.226. The third-order valence-corrected chi connectivity index (χ3v) is 12.3. The predicted octanol–water partition coefficient (Wildman–Crippen LogP) is 16.2. The Morgan fingerprint density at radius 3 is 1.98 bits per heavy atom. The van der Waals surface area contributed by atoms with Gasteiger partial charge in [0.05, 0.1) is 5.70 Å². The summed E-state index contributed by atoms with van der Waals surface area (Å²) in [5.74, 6) is 1.02. The molecule has 6 aromatic rings. The number of nitrogens with zero attached hydrogens (tertiary/aromatic N) is 2. The third-order valence-electron chi connectivity index (χ3n) is 12.3. The van der Waals surface area contributed by atoms with E-state index in [-0.39, 0.29) is 0 Å². The zero-order valence-corrected chi connectivity index (χ0v) is 39.7. The summed E-state index contributed by atoms with van der Waals surface area (Å²) in [6, 6.07) is 53.6. The van der Waals surface area contributed by atoms with E-state index >= 15 is 0 Å². The van der Waals surface area contributed by atoms with Gasteiger partial charge in [-0.2, -0.15) is 0 Å². The summed E-state index contributed by atoms with van der Waals surface area (Å²) in [5.41, 5.74) is 25.8. The standard InChI is InChI=1S/C62H67N3/c1-9-12-25-46(6)61(59-35-22-19-30-52(59)38-36-44(4)58-34-21-20-31-57(58)43-63)60-42-55(39-37-45(60)5)53(24-10-2)40-49(11-3)54-32-23-33-56(41-54)62(64-47(7)50-26-15-13-16-27-50)65-48(8)51-28-17-14-18-29-51/h10-11,13-24,26-35,37,39-42,44H,7,9,12,25,36,38,43,63H2,1-6,8H3/b24-10-,49-11+,53-40+,61-46-,64-62?,65-48?. The smallest absolute Gasteiger partial charge is 0.160 e. The topological polar surface area (TPSA) is 50.7 Å². The summed E-state index contributed by atoms with van der Waals surface area (Å²) >= 11 is 0. The number of amidine groups is 1. The van der Waals surface area contributed by atoms with Gasteiger partial charge < -0.3 is 5.73 Å². The number of aliphatic imine (C=N–C) groups is 2. The molecule has 6 aromatic carbocycles. The van der Waals surface area contributed by atoms with Gasteiger partial charge in [-0.15, -0.1) is 0 Å². The Labute approximate surface area is 390 Å². The second-order valence-electron chi connectivity index (χ2n) is 17.0. The number of allylic oxidation sites excluding steroid dienone is 7. The Balaban J connectivity index is 1.40. The highest BCUT2D eigenvalue weighted by Gasteiger charge is 2.18. The third kappa shape index (κ3) is 12.5. The fourth-order valence-corrected chi connectivity index (χ4v) is 8.58. The molecule has 0 aromatic heterocycles. The van der Waals surface area contributed by atoms with Crippen LogP contribution in [-0.2, 0) is 13.0 Å². The van der Waals surface area contributed by atoms with Crippen LogP contribution in [0.4, 0.5) is 0 Å². The van der Waals surface area contributed by atoms with Crippen molar-refractivity contribution in [3.8, 4) is 0 Å². The fourth-order valence-electron chi connectivity index (χ4n) is 8.58. The van der Waals surface area contributed by atoms with Gasteiger partial charge in [0.15, 0.2) is 5.84 Å². The van der Waals surface area contributed by atoms with E-state index in [4.69, 9.17) is 15.7 Å². The van der Waals surface area contributed by atoms with Crippen LogP contribution in [0.1, 0.15) is 134 Å². The summed E-state index contributed by atoms with van der Waals surface area (Å²) in [4.78, 5) is 10.2. The molecule has 0 amide bonds. The van der Waals surface area contributed by atoms with Crippen molar-refractivity contribution in [2.45, 2.75) is 93.0 Å². The maximum Gasteiger partial charge on any atom is 0.160 e. The molecule has 0 aliphatic carbocycles. The highest BCUT2D eigenvalue weighted by molar-refractivity contribution is 6.13. The first-order valence-corrected chi connectivity index (χ1v) is 23.4. The number of rotatable bonds is 18. The van der Waals surface area contributed by atoms with Crippen LogP contribution in [-0.4, -0.2) is 11.5 Å². The summed E-state index contributed by atoms with van der Waals surface area (Å²) < 4.78 is 0. The van der Waals surface area contributed by atoms with Crippen molar-refractivity contribution < 1.29 is 0 Å². The van der Waals surface area contributed by atoms with E-state index in [0.29, 0.717) is 24.0 Å². The molecule has 1 unspecified atom stereocenters. The molecule has 1 atom stereocenters. The zero-order chi connectivity index (χ0) is 46.1. The lowest BCUT2D eigenvalue weighted by molar-refractivity contribution is 0.671. The largest absolute Gasteiger partial charge is 0.326 e. The van der Waals surface area contributed by atoms with Crippen molar-refractivity contribution in [3.63, 3.8) is 0 Å². The lowest BCUT2D eigenvalue weighted by Crippen LogP contribution is -2.06. The van der Waals surface area contributed by atoms with Crippen LogP contribution in [0, 0.1) is 6.92 Å². The van der Waals surface area contributed by atoms with Gasteiger partial charge >= 0.3 is 0 Å². The summed E-state index contributed by atoms with van der Waals surface area (Å²) in [6.07, 6.45) is 14.3. The molecule has 0 heterocycles. The average Bonchev–Trinajstić information content (AvgIpc) is 3.35. The predicted molar refractivity (Wildman–Crippen MR) is 283 cm³/mol. The van der Waals surface area contributed by atoms with E-state index in [2.05, 4.69) is 176 Å². The van der Waals surface area contributed by atoms with Gasteiger partial charge in [-0.1, -0.05) is 190 Å². The number of unbranched alkanes of at least 4 members (excludes halogenated alkanes) is 1. The van der Waals surface area contributed by atoms with Crippen LogP contribution in [0.5, 0.6) is 0 Å². The van der Waals surface area contributed by atoms with E-state index in [9.17, 15) is 0 Å². The number of aryl methyl sites for hydroxylation is 2. The average molecular weight is 854 g/mol. The van der Waals surface area contributed by atoms with Crippen LogP contribution in [0.3, 0.4) is 0 Å². The van der Waals surface area contributed by atoms with E-state index in [0.717, 1.165) is 71.2 Å². The number of benzene rings is 6. The lowest BCUT2D eigenvalue weighted by atomic mass is 9.83. The molecule has 0 saturated heterocycles. The number of hydrogen-bond donors (Lipinski definition) is 1. The number of hydrogen-bond acceptors (Lipinski definition) is 2. The Hall–Kier alpha value is -6.68. The highest BCUT2D eigenvalue weighted by atomic mass is 14.9. The maximum atomic E-state index is 6.18. The molecule has 0 radical (unpaired) electrons. The monoisotopic (exact) mass is 854 g/mol. The summed E-state index contributed by atoms with van der Waals surface area (Å²) in [7, 11) is 0. The van der Waals surface area contributed by atoms with Crippen molar-refractivity contribution in [1.82, 2.24) is 0 Å². The van der Waals surface area contributed by atoms with Crippen LogP contribution >= 0.6 is 0 Å². The van der Waals surface area contributed by atoms with Crippen LogP contribution in [0.2, 0.25) is 0 Å². The van der Waals surface area contributed by atoms with Gasteiger partial charge in [0.2, 0.25) is 0 Å². The quantitative estimate of drug-likeness (QED) is 0.0523. The van der Waals surface area contributed by atoms with E-state index < -0.39 is 0 Å². The molecular formula is C62H67N3. The Bertz CT molecular complexity index is 2740. The first kappa shape index (κ1) is 47.8. The van der Waals surface area contributed by atoms with Gasteiger partial charge in [0, 0.05) is 17.8 Å². The molecule has 330 valence electrons. The molecule has 0 aliphatic heterocycles. The molecule has 0 saturated carbocycles. The maximum absolute atomic E-state index is 6.18. The lowest BCUT2D eigenvalue weighted by Gasteiger charge is -2.21. The van der Waals surface area contributed by atoms with Gasteiger partial charge in [-0.05, 0) is 157 Å². The second-order valence-corrected chi connectivity index (χ2v) is 17.0. The first-order valence-electron chi connectivity index (χ1n) is 23.4. The Kier molecular flexibility index (Phi) is 17.5. The van der Waals surface area contributed by atoms with Crippen molar-refractivity contribution in [1.29, 1.82) is 0 Å². The second kappa shape index (κ2) is 23.8. The molecule has 3 heteroatoms. The van der Waals surface area contributed by atoms with E-state index in [1.165, 1.54) is 50.1 Å². The minimum Gasteiger partial charge on any atom is -0.326 e. The summed E-state index contributed by atoms with van der Waals surface area (Å²) in [5, 5.41) is 0. The Morgan fingerprint density at radius 1 is 0.662 bits per heavy atom. The summed E-state index contributed by atoms with van der Waals surface area (Å²) in [6.45, 7) is 20.4. The molecule has 3 nitrogen and oxygen atoms in total. The van der Waals surface area contributed by atoms with Crippen LogP contribution < -0.4 is 5.73 Å². The molecule has 0 spiro atoms. The van der Waals surface area contributed by atoms with Crippen molar-refractivity contribution in [2.24, 2.45) is 15.7 Å². The minimum absolute atomic E-state index is 0.398. The Morgan fingerprint density at radius 2 is 1.29 bits per heavy atom. The van der Waals surface area contributed by atoms with Crippen molar-refractivity contribution >= 4 is 34.0 Å². The molecule has 0 aliphatic rings. The van der Waals surface area contributed by atoms with E-state index in [1.807, 2.05) is 55.5 Å². The van der Waals surface area contributed by atoms with Crippen molar-refractivity contribution in [2.75, 3.05) is 0 Å². The van der Waals surface area contributed by atoms with Gasteiger partial charge in [-0.3, -0.25) is 0 Å². The molecule has 0 bridgehead atoms. The SMILES string of the molecule is C=C(N=C(N=C(C)c1ccccc1)c1cccc(C(/C=C(\C=C/C)c2ccc(C)c(/C(=C(/C)CCCC)c3ccccc3CCC(C)c3ccccc3CN)c2)=C/C)c1)c1ccccc1. The highest BCUT2D eigenvalue weighted by Crippen LogP contribution is 2.37. The van der Waals surface area contributed by atoms with Gasteiger partial charge in [0.1, 0.15) is 0 Å². The minimum atomic E-state index is 0.398. The van der Waals surface area contributed by atoms with Crippen LogP contribution in [0.25, 0.3) is 22.4 Å².